The first-order valence-electron chi connectivity index (χ1n) is 4.65. The van der Waals surface area contributed by atoms with E-state index >= 15 is 0 Å². The van der Waals surface area contributed by atoms with E-state index in [1.807, 2.05) is 38.1 Å². The molecule has 0 aliphatic heterocycles. The van der Waals surface area contributed by atoms with E-state index in [0.29, 0.717) is 5.45 Å². The minimum atomic E-state index is -0.172. The molecule has 0 radical (unpaired) electrons. The minimum Gasteiger partial charge on any atom is -0.301 e. The maximum absolute atomic E-state index is 11.9. The fourth-order valence-electron chi connectivity index (χ4n) is 1.32. The number of para-hydroxylation sites is 1. The van der Waals surface area contributed by atoms with E-state index in [9.17, 15) is 4.79 Å². The second-order valence-corrected chi connectivity index (χ2v) is 5.16. The van der Waals surface area contributed by atoms with E-state index in [2.05, 4.69) is 31.9 Å². The molecule has 1 unspecified atom stereocenters. The summed E-state index contributed by atoms with van der Waals surface area (Å²) in [7, 11) is 0. The summed E-state index contributed by atoms with van der Waals surface area (Å²) in [5, 5.41) is 0. The average molecular weight is 335 g/mol. The number of benzene rings is 1. The van der Waals surface area contributed by atoms with E-state index in [4.69, 9.17) is 0 Å². The van der Waals surface area contributed by atoms with Gasteiger partial charge in [0.15, 0.2) is 0 Å². The Kier molecular flexibility index (Phi) is 4.80. The van der Waals surface area contributed by atoms with Crippen LogP contribution in [0, 0.1) is 6.92 Å². The molecule has 1 amide bonds. The number of halogens is 2. The van der Waals surface area contributed by atoms with Crippen molar-refractivity contribution in [3.05, 3.63) is 29.8 Å². The van der Waals surface area contributed by atoms with Gasteiger partial charge >= 0.3 is 0 Å². The lowest BCUT2D eigenvalue weighted by atomic mass is 10.2. The highest BCUT2D eigenvalue weighted by molar-refractivity contribution is 9.10. The van der Waals surface area contributed by atoms with Crippen molar-refractivity contribution < 1.29 is 4.79 Å². The fraction of sp³-hybridized carbons (Fsp3) is 0.364. The normalized spacial score (nSPS) is 12.3. The van der Waals surface area contributed by atoms with E-state index < -0.39 is 0 Å². The number of hydrogen-bond donors (Lipinski definition) is 0. The zero-order valence-electron chi connectivity index (χ0n) is 8.71. The van der Waals surface area contributed by atoms with Gasteiger partial charge in [-0.05, 0) is 25.5 Å². The van der Waals surface area contributed by atoms with Gasteiger partial charge in [0.25, 0.3) is 0 Å². The molecule has 0 saturated carbocycles. The molecular weight excluding hydrogens is 322 g/mol. The fourth-order valence-corrected chi connectivity index (χ4v) is 2.09. The summed E-state index contributed by atoms with van der Waals surface area (Å²) in [5.41, 5.74) is 2.55. The smallest absolute Gasteiger partial charge is 0.241 e. The zero-order chi connectivity index (χ0) is 11.4. The van der Waals surface area contributed by atoms with Crippen molar-refractivity contribution >= 4 is 43.5 Å². The number of alkyl halides is 2. The number of anilines is 1. The molecule has 4 heteroatoms. The Bertz CT molecular complexity index is 352. The van der Waals surface area contributed by atoms with Gasteiger partial charge in [-0.25, -0.2) is 0 Å². The van der Waals surface area contributed by atoms with Crippen molar-refractivity contribution in [2.75, 3.05) is 10.4 Å². The predicted octanol–water partition coefficient (Wildman–Crippen LogP) is 3.46. The number of hydrogen-bond acceptors (Lipinski definition) is 1. The molecule has 1 aromatic rings. The van der Waals surface area contributed by atoms with Crippen molar-refractivity contribution in [2.45, 2.75) is 18.7 Å². The Morgan fingerprint density at radius 3 is 2.53 bits per heavy atom. The predicted molar refractivity (Wildman–Crippen MR) is 70.8 cm³/mol. The molecule has 0 spiro atoms. The summed E-state index contributed by atoms with van der Waals surface area (Å²) in [6, 6.07) is 7.85. The molecule has 1 aromatic carbocycles. The van der Waals surface area contributed by atoms with Gasteiger partial charge in [0.05, 0.1) is 10.3 Å². The molecule has 0 fully saturated rings. The van der Waals surface area contributed by atoms with Crippen LogP contribution in [-0.2, 0) is 4.79 Å². The summed E-state index contributed by atoms with van der Waals surface area (Å²) >= 11 is 6.63. The van der Waals surface area contributed by atoms with Crippen LogP contribution in [0.3, 0.4) is 0 Å². The van der Waals surface area contributed by atoms with Crippen LogP contribution in [0.4, 0.5) is 5.69 Å². The van der Waals surface area contributed by atoms with Crippen molar-refractivity contribution in [3.8, 4) is 0 Å². The number of amides is 1. The van der Waals surface area contributed by atoms with Gasteiger partial charge in [-0.1, -0.05) is 50.1 Å². The van der Waals surface area contributed by atoms with Crippen LogP contribution in [0.25, 0.3) is 0 Å². The molecule has 0 aliphatic rings. The molecule has 82 valence electrons. The minimum absolute atomic E-state index is 0.0566. The monoisotopic (exact) mass is 333 g/mol. The maximum atomic E-state index is 11.9. The quantitative estimate of drug-likeness (QED) is 0.612. The third-order valence-electron chi connectivity index (χ3n) is 2.13. The maximum Gasteiger partial charge on any atom is 0.241 e. The van der Waals surface area contributed by atoms with Gasteiger partial charge in [0, 0.05) is 5.69 Å². The highest BCUT2D eigenvalue weighted by Crippen LogP contribution is 2.22. The molecule has 2 nitrogen and oxygen atoms in total. The van der Waals surface area contributed by atoms with Gasteiger partial charge in [-0.15, -0.1) is 0 Å². The number of carbonyl (C=O) groups is 1. The molecule has 0 aliphatic carbocycles. The third kappa shape index (κ3) is 3.05. The molecule has 0 heterocycles. The van der Waals surface area contributed by atoms with Crippen LogP contribution in [0.1, 0.15) is 12.5 Å². The molecule has 1 rings (SSSR count). The van der Waals surface area contributed by atoms with Gasteiger partial charge in [-0.2, -0.15) is 0 Å². The highest BCUT2D eigenvalue weighted by atomic mass is 79.9. The van der Waals surface area contributed by atoms with Gasteiger partial charge in [0.2, 0.25) is 5.91 Å². The van der Waals surface area contributed by atoms with Crippen molar-refractivity contribution in [3.63, 3.8) is 0 Å². The standard InChI is InChI=1S/C11H13Br2NO/c1-8-5-3-4-6-10(8)14(7-12)11(15)9(2)13/h3-6,9H,7H2,1-2H3. The molecule has 0 aromatic heterocycles. The first-order valence-corrected chi connectivity index (χ1v) is 6.68. The first-order chi connectivity index (χ1) is 7.07. The molecule has 0 N–H and O–H groups in total. The summed E-state index contributed by atoms with van der Waals surface area (Å²) in [5.74, 6) is 0.0566. The summed E-state index contributed by atoms with van der Waals surface area (Å²) in [4.78, 5) is 13.4. The van der Waals surface area contributed by atoms with E-state index in [-0.39, 0.29) is 10.7 Å². The molecule has 0 saturated heterocycles. The van der Waals surface area contributed by atoms with Gasteiger partial charge < -0.3 is 4.90 Å². The lowest BCUT2D eigenvalue weighted by Gasteiger charge is -2.23. The lowest BCUT2D eigenvalue weighted by Crippen LogP contribution is -2.34. The Hall–Kier alpha value is -0.350. The van der Waals surface area contributed by atoms with E-state index in [1.165, 1.54) is 0 Å². The molecule has 0 bridgehead atoms. The highest BCUT2D eigenvalue weighted by Gasteiger charge is 2.19. The van der Waals surface area contributed by atoms with Crippen LogP contribution in [0.15, 0.2) is 24.3 Å². The summed E-state index contributed by atoms with van der Waals surface area (Å²) < 4.78 is 0. The molecule has 1 atom stereocenters. The average Bonchev–Trinajstić information content (AvgIpc) is 2.21. The van der Waals surface area contributed by atoms with Crippen LogP contribution in [-0.4, -0.2) is 16.2 Å². The largest absolute Gasteiger partial charge is 0.301 e. The number of carbonyl (C=O) groups excluding carboxylic acids is 1. The lowest BCUT2D eigenvalue weighted by molar-refractivity contribution is -0.117. The van der Waals surface area contributed by atoms with Crippen molar-refractivity contribution in [1.29, 1.82) is 0 Å². The van der Waals surface area contributed by atoms with Crippen molar-refractivity contribution in [2.24, 2.45) is 0 Å². The number of rotatable bonds is 3. The zero-order valence-corrected chi connectivity index (χ0v) is 11.9. The van der Waals surface area contributed by atoms with E-state index in [1.54, 1.807) is 4.90 Å². The van der Waals surface area contributed by atoms with Crippen LogP contribution >= 0.6 is 31.9 Å². The Balaban J connectivity index is 3.03. The summed E-state index contributed by atoms with van der Waals surface area (Å²) in [6.07, 6.45) is 0. The van der Waals surface area contributed by atoms with Gasteiger partial charge in [0.1, 0.15) is 0 Å². The first kappa shape index (κ1) is 12.7. The Morgan fingerprint density at radius 1 is 1.47 bits per heavy atom. The SMILES string of the molecule is Cc1ccccc1N(CBr)C(=O)C(C)Br. The van der Waals surface area contributed by atoms with Crippen molar-refractivity contribution in [1.82, 2.24) is 0 Å². The van der Waals surface area contributed by atoms with Crippen LogP contribution < -0.4 is 4.90 Å². The Morgan fingerprint density at radius 2 is 2.07 bits per heavy atom. The molecular formula is C11H13Br2NO. The second kappa shape index (κ2) is 5.66. The number of aryl methyl sites for hydroxylation is 1. The second-order valence-electron chi connectivity index (χ2n) is 3.29. The van der Waals surface area contributed by atoms with Crippen LogP contribution in [0.5, 0.6) is 0 Å². The number of nitrogens with zero attached hydrogens (tertiary/aromatic N) is 1. The van der Waals surface area contributed by atoms with Crippen LogP contribution in [0.2, 0.25) is 0 Å². The summed E-state index contributed by atoms with van der Waals surface area (Å²) in [6.45, 7) is 3.83. The van der Waals surface area contributed by atoms with Gasteiger partial charge in [-0.3, -0.25) is 4.79 Å². The molecule has 15 heavy (non-hydrogen) atoms. The van der Waals surface area contributed by atoms with E-state index in [0.717, 1.165) is 11.3 Å². The topological polar surface area (TPSA) is 20.3 Å². The third-order valence-corrected chi connectivity index (χ3v) is 3.03. The Labute approximate surface area is 107 Å².